The highest BCUT2D eigenvalue weighted by Gasteiger charge is 2.30. The zero-order valence-electron chi connectivity index (χ0n) is 17.1. The fraction of sp³-hybridized carbons (Fsp3) is 0.455. The molecule has 3 nitrogen and oxygen atoms in total. The van der Waals surface area contributed by atoms with E-state index in [0.29, 0.717) is 5.75 Å². The quantitative estimate of drug-likeness (QED) is 0.651. The van der Waals surface area contributed by atoms with Gasteiger partial charge in [-0.3, -0.25) is 0 Å². The Bertz CT molecular complexity index is 859. The molecule has 0 radical (unpaired) electrons. The molecular weight excluding hydrogens is 344 g/mol. The van der Waals surface area contributed by atoms with E-state index >= 15 is 0 Å². The van der Waals surface area contributed by atoms with Crippen molar-refractivity contribution in [2.45, 2.75) is 71.1 Å². The van der Waals surface area contributed by atoms with E-state index < -0.39 is 10.1 Å². The van der Waals surface area contributed by atoms with Gasteiger partial charge in [-0.1, -0.05) is 76.9 Å². The summed E-state index contributed by atoms with van der Waals surface area (Å²) in [5.41, 5.74) is 3.41. The summed E-state index contributed by atoms with van der Waals surface area (Å²) in [5, 5.41) is 0. The first-order valence-corrected chi connectivity index (χ1v) is 10.3. The van der Waals surface area contributed by atoms with Gasteiger partial charge in [-0.25, -0.2) is 0 Å². The lowest BCUT2D eigenvalue weighted by Crippen LogP contribution is -2.22. The lowest BCUT2D eigenvalue weighted by molar-refractivity contribution is 0.453. The normalized spacial score (nSPS) is 12.9. The molecule has 0 aromatic heterocycles. The van der Waals surface area contributed by atoms with E-state index in [2.05, 4.69) is 41.5 Å². The Labute approximate surface area is 158 Å². The topological polar surface area (TPSA) is 43.4 Å². The van der Waals surface area contributed by atoms with Gasteiger partial charge in [0.15, 0.2) is 0 Å². The fourth-order valence-corrected chi connectivity index (χ4v) is 3.80. The van der Waals surface area contributed by atoms with Crippen molar-refractivity contribution in [3.8, 4) is 5.75 Å². The van der Waals surface area contributed by atoms with Gasteiger partial charge in [-0.2, -0.15) is 8.42 Å². The summed E-state index contributed by atoms with van der Waals surface area (Å²) in [6.07, 6.45) is 0. The summed E-state index contributed by atoms with van der Waals surface area (Å²) in [7, 11) is -3.91. The van der Waals surface area contributed by atoms with E-state index in [1.54, 1.807) is 24.3 Å². The van der Waals surface area contributed by atoms with Gasteiger partial charge < -0.3 is 4.18 Å². The second-order valence-electron chi connectivity index (χ2n) is 9.04. The summed E-state index contributed by atoms with van der Waals surface area (Å²) in [6, 6.07) is 10.8. The first kappa shape index (κ1) is 20.5. The van der Waals surface area contributed by atoms with E-state index in [9.17, 15) is 8.42 Å². The molecule has 0 N–H and O–H groups in total. The molecule has 142 valence electrons. The molecule has 0 atom stereocenters. The number of benzene rings is 2. The third-order valence-electron chi connectivity index (χ3n) is 4.35. The minimum atomic E-state index is -3.91. The molecule has 0 aliphatic carbocycles. The van der Waals surface area contributed by atoms with Crippen LogP contribution in [0.15, 0.2) is 41.3 Å². The monoisotopic (exact) mass is 374 g/mol. The van der Waals surface area contributed by atoms with Crippen LogP contribution in [0.4, 0.5) is 0 Å². The number of rotatable bonds is 3. The van der Waals surface area contributed by atoms with Crippen LogP contribution in [-0.2, 0) is 20.9 Å². The Balaban J connectivity index is 2.69. The third-order valence-corrected chi connectivity index (χ3v) is 5.59. The Hall–Kier alpha value is -1.81. The first-order valence-electron chi connectivity index (χ1n) is 8.88. The molecule has 4 heteroatoms. The minimum absolute atomic E-state index is 0.170. The van der Waals surface area contributed by atoms with Crippen molar-refractivity contribution in [3.63, 3.8) is 0 Å². The average molecular weight is 375 g/mol. The van der Waals surface area contributed by atoms with Gasteiger partial charge in [0, 0.05) is 11.1 Å². The number of hydrogen-bond donors (Lipinski definition) is 0. The van der Waals surface area contributed by atoms with Gasteiger partial charge in [-0.15, -0.1) is 0 Å². The second kappa shape index (κ2) is 6.73. The molecule has 0 amide bonds. The smallest absolute Gasteiger partial charge is 0.339 e. The van der Waals surface area contributed by atoms with Gasteiger partial charge >= 0.3 is 10.1 Å². The number of aryl methyl sites for hydroxylation is 2. The lowest BCUT2D eigenvalue weighted by Gasteiger charge is -2.29. The standard InChI is InChI=1S/C22H30O3S/c1-15-9-11-17(12-10-15)26(23,24)25-20-18(21(3,4)5)13-16(2)14-19(20)22(6,7)8/h9-14H,1-8H3. The predicted octanol–water partition coefficient (Wildman–Crippen LogP) is 5.67. The highest BCUT2D eigenvalue weighted by Crippen LogP contribution is 2.41. The molecule has 0 fully saturated rings. The van der Waals surface area contributed by atoms with Crippen molar-refractivity contribution >= 4 is 10.1 Å². The van der Waals surface area contributed by atoms with Gasteiger partial charge in [0.05, 0.1) is 0 Å². The van der Waals surface area contributed by atoms with Crippen LogP contribution in [0.25, 0.3) is 0 Å². The van der Waals surface area contributed by atoms with Crippen LogP contribution >= 0.6 is 0 Å². The Morgan fingerprint density at radius 2 is 1.15 bits per heavy atom. The van der Waals surface area contributed by atoms with Gasteiger partial charge in [0.25, 0.3) is 0 Å². The van der Waals surface area contributed by atoms with Crippen LogP contribution in [0.1, 0.15) is 63.8 Å². The molecule has 2 aromatic rings. The van der Waals surface area contributed by atoms with Crippen LogP contribution in [0.5, 0.6) is 5.75 Å². The SMILES string of the molecule is Cc1ccc(S(=O)(=O)Oc2c(C(C)(C)C)cc(C)cc2C(C)(C)C)cc1. The molecule has 0 spiro atoms. The van der Waals surface area contributed by atoms with Crippen LogP contribution in [0.2, 0.25) is 0 Å². The maximum Gasteiger partial charge on any atom is 0.339 e. The van der Waals surface area contributed by atoms with Crippen molar-refractivity contribution in [2.24, 2.45) is 0 Å². The van der Waals surface area contributed by atoms with E-state index in [1.165, 1.54) is 0 Å². The van der Waals surface area contributed by atoms with E-state index in [4.69, 9.17) is 4.18 Å². The fourth-order valence-electron chi connectivity index (χ4n) is 2.84. The summed E-state index contributed by atoms with van der Waals surface area (Å²) in [4.78, 5) is 0.170. The summed E-state index contributed by atoms with van der Waals surface area (Å²) < 4.78 is 31.6. The molecule has 0 aliphatic heterocycles. The van der Waals surface area contributed by atoms with Crippen LogP contribution in [0.3, 0.4) is 0 Å². The minimum Gasteiger partial charge on any atom is -0.378 e. The zero-order valence-corrected chi connectivity index (χ0v) is 17.9. The van der Waals surface area contributed by atoms with Crippen molar-refractivity contribution < 1.29 is 12.6 Å². The molecule has 0 heterocycles. The summed E-state index contributed by atoms with van der Waals surface area (Å²) >= 11 is 0. The highest BCUT2D eigenvalue weighted by molar-refractivity contribution is 7.87. The highest BCUT2D eigenvalue weighted by atomic mass is 32.2. The first-order chi connectivity index (χ1) is 11.7. The van der Waals surface area contributed by atoms with E-state index in [1.807, 2.05) is 26.0 Å². The molecule has 0 saturated heterocycles. The maximum absolute atomic E-state index is 12.9. The molecule has 0 saturated carbocycles. The Kier molecular flexibility index (Phi) is 5.31. The molecule has 2 rings (SSSR count). The van der Waals surface area contributed by atoms with Crippen molar-refractivity contribution in [3.05, 3.63) is 58.7 Å². The van der Waals surface area contributed by atoms with Crippen molar-refractivity contribution in [1.29, 1.82) is 0 Å². The van der Waals surface area contributed by atoms with E-state index in [-0.39, 0.29) is 15.7 Å². The van der Waals surface area contributed by atoms with Gasteiger partial charge in [0.1, 0.15) is 10.6 Å². The Morgan fingerprint density at radius 3 is 1.54 bits per heavy atom. The largest absolute Gasteiger partial charge is 0.378 e. The van der Waals surface area contributed by atoms with Gasteiger partial charge in [-0.05, 0) is 36.8 Å². The van der Waals surface area contributed by atoms with Crippen molar-refractivity contribution in [2.75, 3.05) is 0 Å². The van der Waals surface area contributed by atoms with E-state index in [0.717, 1.165) is 22.3 Å². The second-order valence-corrected chi connectivity index (χ2v) is 10.6. The molecule has 0 bridgehead atoms. The molecule has 2 aromatic carbocycles. The van der Waals surface area contributed by atoms with Crippen LogP contribution in [-0.4, -0.2) is 8.42 Å². The van der Waals surface area contributed by atoms with Crippen molar-refractivity contribution in [1.82, 2.24) is 0 Å². The van der Waals surface area contributed by atoms with Crippen LogP contribution < -0.4 is 4.18 Å². The average Bonchev–Trinajstić information content (AvgIpc) is 2.46. The molecular formula is C22H30O3S. The maximum atomic E-state index is 12.9. The molecule has 0 aliphatic rings. The number of hydrogen-bond acceptors (Lipinski definition) is 3. The third kappa shape index (κ3) is 4.47. The Morgan fingerprint density at radius 1 is 0.731 bits per heavy atom. The lowest BCUT2D eigenvalue weighted by atomic mass is 9.78. The summed E-state index contributed by atoms with van der Waals surface area (Å²) in [6.45, 7) is 16.4. The van der Waals surface area contributed by atoms with Crippen LogP contribution in [0, 0.1) is 13.8 Å². The molecule has 26 heavy (non-hydrogen) atoms. The predicted molar refractivity (Wildman–Crippen MR) is 108 cm³/mol. The zero-order chi connectivity index (χ0) is 19.9. The summed E-state index contributed by atoms with van der Waals surface area (Å²) in [5.74, 6) is 0.455. The van der Waals surface area contributed by atoms with Gasteiger partial charge in [0.2, 0.25) is 0 Å². The molecule has 0 unspecified atom stereocenters.